The number of fused-ring (bicyclic) bond motifs is 1. The van der Waals surface area contributed by atoms with Crippen molar-refractivity contribution < 1.29 is 4.79 Å². The third-order valence-electron chi connectivity index (χ3n) is 3.52. The number of halogens is 1. The average Bonchev–Trinajstić information content (AvgIpc) is 2.85. The SMILES string of the molecule is CC(NC(=O)c1[nH]c2ccccc2c1Cl)c1cc[nH]c(=O)c1. The van der Waals surface area contributed by atoms with Crippen molar-refractivity contribution in [3.05, 3.63) is 69.2 Å². The van der Waals surface area contributed by atoms with Crippen molar-refractivity contribution in [2.75, 3.05) is 0 Å². The molecule has 112 valence electrons. The summed E-state index contributed by atoms with van der Waals surface area (Å²) < 4.78 is 0. The largest absolute Gasteiger partial charge is 0.349 e. The van der Waals surface area contributed by atoms with Crippen molar-refractivity contribution in [2.24, 2.45) is 0 Å². The lowest BCUT2D eigenvalue weighted by Crippen LogP contribution is -2.27. The number of rotatable bonds is 3. The molecule has 1 amide bonds. The van der Waals surface area contributed by atoms with Crippen LogP contribution < -0.4 is 10.9 Å². The quantitative estimate of drug-likeness (QED) is 0.694. The summed E-state index contributed by atoms with van der Waals surface area (Å²) in [5, 5.41) is 4.03. The van der Waals surface area contributed by atoms with Crippen molar-refractivity contribution in [2.45, 2.75) is 13.0 Å². The lowest BCUT2D eigenvalue weighted by molar-refractivity contribution is 0.0936. The van der Waals surface area contributed by atoms with Gasteiger partial charge >= 0.3 is 0 Å². The Morgan fingerprint density at radius 1 is 1.27 bits per heavy atom. The van der Waals surface area contributed by atoms with Crippen LogP contribution in [-0.4, -0.2) is 15.9 Å². The summed E-state index contributed by atoms with van der Waals surface area (Å²) in [4.78, 5) is 29.3. The van der Waals surface area contributed by atoms with Gasteiger partial charge in [-0.2, -0.15) is 0 Å². The van der Waals surface area contributed by atoms with Gasteiger partial charge in [0.25, 0.3) is 5.91 Å². The van der Waals surface area contributed by atoms with Crippen LogP contribution >= 0.6 is 11.6 Å². The molecular formula is C16H14ClN3O2. The number of carbonyl (C=O) groups excluding carboxylic acids is 1. The minimum Gasteiger partial charge on any atom is -0.349 e. The topological polar surface area (TPSA) is 77.8 Å². The molecule has 0 saturated carbocycles. The standard InChI is InChI=1S/C16H14ClN3O2/c1-9(10-6-7-18-13(21)8-10)19-16(22)15-14(17)11-4-2-3-5-12(11)20-15/h2-9,20H,1H3,(H,18,21)(H,19,22). The summed E-state index contributed by atoms with van der Waals surface area (Å²) in [5.74, 6) is -0.311. The molecule has 6 heteroatoms. The maximum Gasteiger partial charge on any atom is 0.269 e. The first-order valence-corrected chi connectivity index (χ1v) is 7.20. The van der Waals surface area contributed by atoms with Crippen LogP contribution in [0.3, 0.4) is 0 Å². The number of benzene rings is 1. The van der Waals surface area contributed by atoms with Gasteiger partial charge in [0.2, 0.25) is 5.56 Å². The van der Waals surface area contributed by atoms with Gasteiger partial charge < -0.3 is 15.3 Å². The molecule has 2 heterocycles. The zero-order valence-electron chi connectivity index (χ0n) is 11.8. The van der Waals surface area contributed by atoms with Crippen LogP contribution in [0.2, 0.25) is 5.02 Å². The van der Waals surface area contributed by atoms with E-state index in [4.69, 9.17) is 11.6 Å². The van der Waals surface area contributed by atoms with Gasteiger partial charge in [-0.1, -0.05) is 29.8 Å². The molecule has 0 aliphatic rings. The second-order valence-corrected chi connectivity index (χ2v) is 5.42. The van der Waals surface area contributed by atoms with Gasteiger partial charge in [0.05, 0.1) is 11.1 Å². The molecule has 0 spiro atoms. The summed E-state index contributed by atoms with van der Waals surface area (Å²) in [6, 6.07) is 10.3. The van der Waals surface area contributed by atoms with Crippen molar-refractivity contribution in [1.29, 1.82) is 0 Å². The number of pyridine rings is 1. The molecule has 1 atom stereocenters. The number of aromatic nitrogens is 2. The van der Waals surface area contributed by atoms with Crippen molar-refractivity contribution >= 4 is 28.4 Å². The van der Waals surface area contributed by atoms with E-state index in [1.807, 2.05) is 31.2 Å². The van der Waals surface area contributed by atoms with Gasteiger partial charge in [-0.15, -0.1) is 0 Å². The summed E-state index contributed by atoms with van der Waals surface area (Å²) in [5.41, 5.74) is 1.65. The highest BCUT2D eigenvalue weighted by Gasteiger charge is 2.18. The molecule has 3 N–H and O–H groups in total. The molecule has 22 heavy (non-hydrogen) atoms. The zero-order valence-corrected chi connectivity index (χ0v) is 12.6. The predicted molar refractivity (Wildman–Crippen MR) is 86.3 cm³/mol. The number of amides is 1. The van der Waals surface area contributed by atoms with Crippen LogP contribution in [0.4, 0.5) is 0 Å². The number of hydrogen-bond donors (Lipinski definition) is 3. The summed E-state index contributed by atoms with van der Waals surface area (Å²) in [7, 11) is 0. The van der Waals surface area contributed by atoms with Crippen LogP contribution in [0, 0.1) is 0 Å². The van der Waals surface area contributed by atoms with Crippen molar-refractivity contribution in [3.8, 4) is 0 Å². The fourth-order valence-electron chi connectivity index (χ4n) is 2.35. The van der Waals surface area contributed by atoms with Gasteiger partial charge in [0.1, 0.15) is 5.69 Å². The molecule has 0 fully saturated rings. The summed E-state index contributed by atoms with van der Waals surface area (Å²) >= 11 is 6.26. The van der Waals surface area contributed by atoms with Crippen LogP contribution in [0.1, 0.15) is 29.0 Å². The first kappa shape index (κ1) is 14.4. The van der Waals surface area contributed by atoms with Gasteiger partial charge in [0, 0.05) is 23.2 Å². The predicted octanol–water partition coefficient (Wildman–Crippen LogP) is 3.00. The second-order valence-electron chi connectivity index (χ2n) is 5.04. The van der Waals surface area contributed by atoms with E-state index >= 15 is 0 Å². The van der Waals surface area contributed by atoms with E-state index in [-0.39, 0.29) is 17.5 Å². The lowest BCUT2D eigenvalue weighted by Gasteiger charge is -2.13. The highest BCUT2D eigenvalue weighted by Crippen LogP contribution is 2.27. The minimum absolute atomic E-state index is 0.206. The molecule has 3 rings (SSSR count). The third-order valence-corrected chi connectivity index (χ3v) is 3.91. The first-order chi connectivity index (χ1) is 10.6. The number of H-pyrrole nitrogens is 2. The van der Waals surface area contributed by atoms with E-state index in [9.17, 15) is 9.59 Å². The van der Waals surface area contributed by atoms with E-state index in [1.165, 1.54) is 6.07 Å². The van der Waals surface area contributed by atoms with Crippen LogP contribution in [0.25, 0.3) is 10.9 Å². The highest BCUT2D eigenvalue weighted by atomic mass is 35.5. The van der Waals surface area contributed by atoms with Gasteiger partial charge in [0.15, 0.2) is 0 Å². The number of carbonyl (C=O) groups is 1. The molecular weight excluding hydrogens is 302 g/mol. The van der Waals surface area contributed by atoms with E-state index in [1.54, 1.807) is 12.3 Å². The summed E-state index contributed by atoms with van der Waals surface area (Å²) in [6.45, 7) is 1.81. The Morgan fingerprint density at radius 2 is 2.05 bits per heavy atom. The number of aromatic amines is 2. The van der Waals surface area contributed by atoms with Crippen molar-refractivity contribution in [3.63, 3.8) is 0 Å². The highest BCUT2D eigenvalue weighted by molar-refractivity contribution is 6.38. The van der Waals surface area contributed by atoms with E-state index < -0.39 is 0 Å². The maximum absolute atomic E-state index is 12.4. The molecule has 1 unspecified atom stereocenters. The Hall–Kier alpha value is -2.53. The van der Waals surface area contributed by atoms with Gasteiger partial charge in [-0.25, -0.2) is 0 Å². The Morgan fingerprint density at radius 3 is 2.77 bits per heavy atom. The summed E-state index contributed by atoms with van der Waals surface area (Å²) in [6.07, 6.45) is 1.55. The first-order valence-electron chi connectivity index (χ1n) is 6.82. The minimum atomic E-state index is -0.311. The van der Waals surface area contributed by atoms with Crippen molar-refractivity contribution in [1.82, 2.24) is 15.3 Å². The molecule has 0 aliphatic carbocycles. The molecule has 3 aromatic rings. The smallest absolute Gasteiger partial charge is 0.269 e. The zero-order chi connectivity index (χ0) is 15.7. The monoisotopic (exact) mass is 315 g/mol. The molecule has 0 aliphatic heterocycles. The number of hydrogen-bond acceptors (Lipinski definition) is 2. The molecule has 0 saturated heterocycles. The number of nitrogens with one attached hydrogen (secondary N) is 3. The average molecular weight is 316 g/mol. The van der Waals surface area contributed by atoms with E-state index in [0.717, 1.165) is 16.5 Å². The Kier molecular flexibility index (Phi) is 3.73. The normalized spacial score (nSPS) is 12.3. The second kappa shape index (κ2) is 5.69. The molecule has 1 aromatic carbocycles. The molecule has 2 aromatic heterocycles. The fourth-order valence-corrected chi connectivity index (χ4v) is 2.64. The van der Waals surface area contributed by atoms with E-state index in [2.05, 4.69) is 15.3 Å². The Balaban J connectivity index is 1.87. The third kappa shape index (κ3) is 2.63. The van der Waals surface area contributed by atoms with E-state index in [0.29, 0.717) is 10.7 Å². The fraction of sp³-hybridized carbons (Fsp3) is 0.125. The Bertz CT molecular complexity index is 898. The molecule has 0 bridgehead atoms. The van der Waals surface area contributed by atoms with Crippen LogP contribution in [-0.2, 0) is 0 Å². The maximum atomic E-state index is 12.4. The van der Waals surface area contributed by atoms with Crippen LogP contribution in [0.15, 0.2) is 47.4 Å². The molecule has 5 nitrogen and oxygen atoms in total. The van der Waals surface area contributed by atoms with Gasteiger partial charge in [-0.05, 0) is 24.6 Å². The van der Waals surface area contributed by atoms with Gasteiger partial charge in [-0.3, -0.25) is 9.59 Å². The van der Waals surface area contributed by atoms with Crippen LogP contribution in [0.5, 0.6) is 0 Å². The Labute approximate surface area is 131 Å². The molecule has 0 radical (unpaired) electrons. The lowest BCUT2D eigenvalue weighted by atomic mass is 10.1. The number of para-hydroxylation sites is 1.